The van der Waals surface area contributed by atoms with Gasteiger partial charge in [-0.2, -0.15) is 13.2 Å². The van der Waals surface area contributed by atoms with E-state index in [0.29, 0.717) is 4.88 Å². The number of aryl methyl sites for hydroxylation is 2. The molecule has 1 atom stereocenters. The summed E-state index contributed by atoms with van der Waals surface area (Å²) in [7, 11) is 0. The van der Waals surface area contributed by atoms with Gasteiger partial charge in [-0.15, -0.1) is 11.3 Å². The fourth-order valence-corrected chi connectivity index (χ4v) is 2.95. The second-order valence-electron chi connectivity index (χ2n) is 5.21. The van der Waals surface area contributed by atoms with E-state index in [-0.39, 0.29) is 12.3 Å². The molecule has 0 fully saturated rings. The van der Waals surface area contributed by atoms with Crippen LogP contribution in [0.2, 0.25) is 0 Å². The monoisotopic (exact) mass is 347 g/mol. The molecule has 0 unspecified atom stereocenters. The SMILES string of the molecule is Cc1ccc([C@@](O)(CCNC(=O)c2sccc2C)C(F)(F)F)o1. The zero-order chi connectivity index (χ0) is 17.3. The molecule has 0 spiro atoms. The molecule has 0 radical (unpaired) electrons. The molecule has 4 nitrogen and oxygen atoms in total. The Morgan fingerprint density at radius 1 is 1.30 bits per heavy atom. The lowest BCUT2D eigenvalue weighted by atomic mass is 9.95. The maximum Gasteiger partial charge on any atom is 0.424 e. The van der Waals surface area contributed by atoms with Crippen molar-refractivity contribution in [3.8, 4) is 0 Å². The quantitative estimate of drug-likeness (QED) is 0.870. The third kappa shape index (κ3) is 3.59. The van der Waals surface area contributed by atoms with Crippen LogP contribution in [0, 0.1) is 13.8 Å². The minimum Gasteiger partial charge on any atom is -0.463 e. The number of carbonyl (C=O) groups is 1. The third-order valence-electron chi connectivity index (χ3n) is 3.46. The topological polar surface area (TPSA) is 62.5 Å². The third-order valence-corrected chi connectivity index (χ3v) is 4.47. The number of furan rings is 1. The second-order valence-corrected chi connectivity index (χ2v) is 6.12. The molecule has 0 saturated carbocycles. The van der Waals surface area contributed by atoms with Gasteiger partial charge in [0.05, 0.1) is 4.88 Å². The Kier molecular flexibility index (Phi) is 4.86. The van der Waals surface area contributed by atoms with Crippen molar-refractivity contribution in [3.63, 3.8) is 0 Å². The molecule has 0 aromatic carbocycles. The molecule has 23 heavy (non-hydrogen) atoms. The van der Waals surface area contributed by atoms with Crippen molar-refractivity contribution in [2.75, 3.05) is 6.54 Å². The second kappa shape index (κ2) is 6.37. The highest BCUT2D eigenvalue weighted by Gasteiger charge is 2.56. The average molecular weight is 347 g/mol. The maximum absolute atomic E-state index is 13.2. The van der Waals surface area contributed by atoms with E-state index in [1.807, 2.05) is 0 Å². The summed E-state index contributed by atoms with van der Waals surface area (Å²) >= 11 is 1.21. The molecule has 0 aliphatic heterocycles. The highest BCUT2D eigenvalue weighted by molar-refractivity contribution is 7.12. The number of alkyl halides is 3. The van der Waals surface area contributed by atoms with Gasteiger partial charge in [-0.3, -0.25) is 4.79 Å². The van der Waals surface area contributed by atoms with Gasteiger partial charge in [0.25, 0.3) is 5.91 Å². The molecule has 2 N–H and O–H groups in total. The van der Waals surface area contributed by atoms with Crippen LogP contribution in [0.1, 0.15) is 33.2 Å². The lowest BCUT2D eigenvalue weighted by Crippen LogP contribution is -2.44. The van der Waals surface area contributed by atoms with Crippen molar-refractivity contribution in [2.24, 2.45) is 0 Å². The summed E-state index contributed by atoms with van der Waals surface area (Å²) in [5, 5.41) is 14.2. The molecule has 0 saturated heterocycles. The standard InChI is InChI=1S/C15H16F3NO3S/c1-9-5-8-23-12(9)13(20)19-7-6-14(21,15(16,17)18)11-4-3-10(2)22-11/h3-5,8,21H,6-7H2,1-2H3,(H,19,20)/t14-/m0/s1. The first-order valence-electron chi connectivity index (χ1n) is 6.83. The highest BCUT2D eigenvalue weighted by atomic mass is 32.1. The van der Waals surface area contributed by atoms with E-state index < -0.39 is 29.9 Å². The van der Waals surface area contributed by atoms with E-state index in [0.717, 1.165) is 11.6 Å². The summed E-state index contributed by atoms with van der Waals surface area (Å²) in [6.07, 6.45) is -5.65. The van der Waals surface area contributed by atoms with Gasteiger partial charge in [0.2, 0.25) is 5.60 Å². The van der Waals surface area contributed by atoms with E-state index in [9.17, 15) is 23.1 Å². The molecule has 0 bridgehead atoms. The van der Waals surface area contributed by atoms with E-state index in [1.54, 1.807) is 18.4 Å². The molecule has 2 aromatic rings. The highest BCUT2D eigenvalue weighted by Crippen LogP contribution is 2.42. The number of hydrogen-bond acceptors (Lipinski definition) is 4. The molecule has 8 heteroatoms. The Morgan fingerprint density at radius 3 is 2.48 bits per heavy atom. The fourth-order valence-electron chi connectivity index (χ4n) is 2.10. The smallest absolute Gasteiger partial charge is 0.424 e. The zero-order valence-electron chi connectivity index (χ0n) is 12.5. The number of hydrogen-bond donors (Lipinski definition) is 2. The van der Waals surface area contributed by atoms with Crippen molar-refractivity contribution < 1.29 is 27.5 Å². The average Bonchev–Trinajstić information content (AvgIpc) is 3.06. The van der Waals surface area contributed by atoms with Gasteiger partial charge < -0.3 is 14.8 Å². The zero-order valence-corrected chi connectivity index (χ0v) is 13.3. The van der Waals surface area contributed by atoms with Crippen molar-refractivity contribution in [3.05, 3.63) is 45.5 Å². The van der Waals surface area contributed by atoms with Crippen LogP contribution in [0.3, 0.4) is 0 Å². The first kappa shape index (κ1) is 17.6. The summed E-state index contributed by atoms with van der Waals surface area (Å²) in [6, 6.07) is 4.19. The summed E-state index contributed by atoms with van der Waals surface area (Å²) in [5.41, 5.74) is -2.39. The van der Waals surface area contributed by atoms with E-state index in [4.69, 9.17) is 4.42 Å². The molecular formula is C15H16F3NO3S. The van der Waals surface area contributed by atoms with E-state index in [2.05, 4.69) is 5.32 Å². The number of carbonyl (C=O) groups excluding carboxylic acids is 1. The van der Waals surface area contributed by atoms with Crippen LogP contribution in [0.15, 0.2) is 28.0 Å². The van der Waals surface area contributed by atoms with Crippen LogP contribution in [-0.4, -0.2) is 23.7 Å². The van der Waals surface area contributed by atoms with Gasteiger partial charge in [-0.05, 0) is 43.0 Å². The van der Waals surface area contributed by atoms with Gasteiger partial charge in [-0.1, -0.05) is 0 Å². The Bertz CT molecular complexity index is 692. The Labute approximate surface area is 134 Å². The van der Waals surface area contributed by atoms with Crippen LogP contribution >= 0.6 is 11.3 Å². The molecule has 0 aliphatic rings. The van der Waals surface area contributed by atoms with Crippen molar-refractivity contribution in [1.82, 2.24) is 5.32 Å². The van der Waals surface area contributed by atoms with Crippen LogP contribution < -0.4 is 5.32 Å². The summed E-state index contributed by atoms with van der Waals surface area (Å²) < 4.78 is 44.7. The van der Waals surface area contributed by atoms with E-state index in [1.165, 1.54) is 24.3 Å². The van der Waals surface area contributed by atoms with Gasteiger partial charge in [0.15, 0.2) is 0 Å². The number of nitrogens with one attached hydrogen (secondary N) is 1. The lowest BCUT2D eigenvalue weighted by molar-refractivity contribution is -0.274. The van der Waals surface area contributed by atoms with Gasteiger partial charge in [-0.25, -0.2) is 0 Å². The van der Waals surface area contributed by atoms with Crippen LogP contribution in [0.25, 0.3) is 0 Å². The minimum atomic E-state index is -4.92. The predicted octanol–water partition coefficient (Wildman–Crippen LogP) is 3.53. The number of thiophene rings is 1. The Morgan fingerprint density at radius 2 is 2.00 bits per heavy atom. The largest absolute Gasteiger partial charge is 0.463 e. The lowest BCUT2D eigenvalue weighted by Gasteiger charge is -2.28. The number of rotatable bonds is 5. The van der Waals surface area contributed by atoms with Gasteiger partial charge >= 0.3 is 6.18 Å². The number of aliphatic hydroxyl groups is 1. The first-order chi connectivity index (χ1) is 10.6. The molecule has 2 heterocycles. The molecule has 126 valence electrons. The van der Waals surface area contributed by atoms with Crippen molar-refractivity contribution in [2.45, 2.75) is 32.0 Å². The minimum absolute atomic E-state index is 0.265. The van der Waals surface area contributed by atoms with E-state index >= 15 is 0 Å². The van der Waals surface area contributed by atoms with Crippen LogP contribution in [0.4, 0.5) is 13.2 Å². The maximum atomic E-state index is 13.2. The van der Waals surface area contributed by atoms with Crippen molar-refractivity contribution >= 4 is 17.2 Å². The summed E-state index contributed by atoms with van der Waals surface area (Å²) in [4.78, 5) is 12.4. The fraction of sp³-hybridized carbons (Fsp3) is 0.400. The predicted molar refractivity (Wildman–Crippen MR) is 79.4 cm³/mol. The summed E-state index contributed by atoms with van der Waals surface area (Å²) in [6.45, 7) is 2.89. The molecule has 2 rings (SSSR count). The first-order valence-corrected chi connectivity index (χ1v) is 7.71. The number of halogens is 3. The number of amides is 1. The molecular weight excluding hydrogens is 331 g/mol. The Hall–Kier alpha value is -1.80. The van der Waals surface area contributed by atoms with Gasteiger partial charge in [0, 0.05) is 13.0 Å². The molecule has 2 aromatic heterocycles. The van der Waals surface area contributed by atoms with Crippen LogP contribution in [0.5, 0.6) is 0 Å². The molecule has 1 amide bonds. The molecule has 0 aliphatic carbocycles. The normalized spacial score (nSPS) is 14.5. The van der Waals surface area contributed by atoms with Crippen LogP contribution in [-0.2, 0) is 5.60 Å². The van der Waals surface area contributed by atoms with Gasteiger partial charge in [0.1, 0.15) is 11.5 Å². The van der Waals surface area contributed by atoms with Crippen molar-refractivity contribution in [1.29, 1.82) is 0 Å². The Balaban J connectivity index is 2.08. The summed E-state index contributed by atoms with van der Waals surface area (Å²) in [5.74, 6) is -0.775.